The van der Waals surface area contributed by atoms with Gasteiger partial charge in [-0.1, -0.05) is 172 Å². The van der Waals surface area contributed by atoms with Gasteiger partial charge in [0, 0.05) is 19.3 Å². The fraction of sp³-hybridized carbons (Fsp3) is 0.820. The Bertz CT molecular complexity index is 1050. The van der Waals surface area contributed by atoms with E-state index in [1.165, 1.54) is 128 Å². The number of hydrogen-bond donors (Lipinski definition) is 1. The van der Waals surface area contributed by atoms with E-state index in [4.69, 9.17) is 14.2 Å². The van der Waals surface area contributed by atoms with Gasteiger partial charge < -0.3 is 23.8 Å². The summed E-state index contributed by atoms with van der Waals surface area (Å²) in [4.78, 5) is 37.0. The van der Waals surface area contributed by atoms with Crippen LogP contribution in [0.5, 0.6) is 0 Å². The number of unbranched alkanes of at least 4 members (excludes halogenated alkanes) is 24. The van der Waals surface area contributed by atoms with E-state index in [1.54, 1.807) is 0 Å². The molecule has 0 radical (unpaired) electrons. The van der Waals surface area contributed by atoms with E-state index >= 15 is 0 Å². The molecule has 0 rings (SSSR count). The van der Waals surface area contributed by atoms with Crippen molar-refractivity contribution in [3.05, 3.63) is 36.5 Å². The van der Waals surface area contributed by atoms with Crippen molar-refractivity contribution in [1.82, 2.24) is 0 Å². The fourth-order valence-corrected chi connectivity index (χ4v) is 7.01. The Balaban J connectivity index is 4.19. The summed E-state index contributed by atoms with van der Waals surface area (Å²) in [5, 5.41) is 9.62. The van der Waals surface area contributed by atoms with Crippen molar-refractivity contribution >= 4 is 17.9 Å². The van der Waals surface area contributed by atoms with E-state index in [0.717, 1.165) is 51.4 Å². The third-order valence-corrected chi connectivity index (χ3v) is 10.8. The second-order valence-corrected chi connectivity index (χ2v) is 17.4. The van der Waals surface area contributed by atoms with Crippen LogP contribution in [0.2, 0.25) is 0 Å². The predicted molar refractivity (Wildman–Crippen MR) is 243 cm³/mol. The number of aliphatic carboxylic acids is 1. The van der Waals surface area contributed by atoms with E-state index < -0.39 is 18.1 Å². The monoisotopic (exact) mass is 819 g/mol. The lowest BCUT2D eigenvalue weighted by molar-refractivity contribution is -0.887. The molecular formula is C50H92NO7+. The van der Waals surface area contributed by atoms with E-state index in [-0.39, 0.29) is 36.2 Å². The van der Waals surface area contributed by atoms with Gasteiger partial charge in [-0.05, 0) is 57.8 Å². The number of nitrogens with zero attached hydrogens (tertiary/aromatic N) is 1. The molecule has 8 heteroatoms. The Kier molecular flexibility index (Phi) is 39.5. The first kappa shape index (κ1) is 55.5. The molecule has 0 saturated carbocycles. The van der Waals surface area contributed by atoms with Gasteiger partial charge >= 0.3 is 17.9 Å². The molecule has 0 aromatic rings. The van der Waals surface area contributed by atoms with Crippen molar-refractivity contribution in [2.75, 3.05) is 41.0 Å². The summed E-state index contributed by atoms with van der Waals surface area (Å²) in [5.41, 5.74) is 0. The Hall–Kier alpha value is -2.45. The fourth-order valence-electron chi connectivity index (χ4n) is 7.01. The Morgan fingerprint density at radius 2 is 0.931 bits per heavy atom. The van der Waals surface area contributed by atoms with Gasteiger partial charge in [-0.25, -0.2) is 4.79 Å². The summed E-state index contributed by atoms with van der Waals surface area (Å²) in [6.45, 7) is 4.66. The summed E-state index contributed by atoms with van der Waals surface area (Å²) in [6, 6.07) is -0.619. The van der Waals surface area contributed by atoms with Gasteiger partial charge in [0.25, 0.3) is 0 Å². The van der Waals surface area contributed by atoms with Crippen molar-refractivity contribution in [2.24, 2.45) is 0 Å². The van der Waals surface area contributed by atoms with Crippen LogP contribution in [-0.4, -0.2) is 80.6 Å². The zero-order valence-electron chi connectivity index (χ0n) is 38.5. The van der Waals surface area contributed by atoms with Crippen LogP contribution in [0.4, 0.5) is 0 Å². The molecule has 0 amide bonds. The molecule has 58 heavy (non-hydrogen) atoms. The van der Waals surface area contributed by atoms with Crippen LogP contribution in [0, 0.1) is 0 Å². The number of carboxylic acid groups (broad SMARTS) is 1. The summed E-state index contributed by atoms with van der Waals surface area (Å²) in [7, 11) is 5.52. The highest BCUT2D eigenvalue weighted by atomic mass is 16.6. The van der Waals surface area contributed by atoms with E-state index in [0.29, 0.717) is 19.3 Å². The molecule has 0 fully saturated rings. The minimum absolute atomic E-state index is 0.0499. The second kappa shape index (κ2) is 41.3. The molecule has 0 aliphatic rings. The van der Waals surface area contributed by atoms with Crippen molar-refractivity contribution in [1.29, 1.82) is 0 Å². The molecule has 0 aliphatic carbocycles. The van der Waals surface area contributed by atoms with E-state index in [9.17, 15) is 19.5 Å². The highest BCUT2D eigenvalue weighted by Crippen LogP contribution is 2.15. The molecule has 1 N–H and O–H groups in total. The lowest BCUT2D eigenvalue weighted by Crippen LogP contribution is -2.50. The zero-order chi connectivity index (χ0) is 42.8. The van der Waals surface area contributed by atoms with Crippen molar-refractivity contribution in [3.63, 3.8) is 0 Å². The smallest absolute Gasteiger partial charge is 0.362 e. The van der Waals surface area contributed by atoms with Crippen LogP contribution in [0.25, 0.3) is 0 Å². The van der Waals surface area contributed by atoms with Gasteiger partial charge in [0.05, 0.1) is 34.4 Å². The maximum atomic E-state index is 12.7. The molecule has 0 aliphatic heterocycles. The highest BCUT2D eigenvalue weighted by molar-refractivity contribution is 5.72. The van der Waals surface area contributed by atoms with Gasteiger partial charge in [0.1, 0.15) is 6.61 Å². The second-order valence-electron chi connectivity index (χ2n) is 17.4. The van der Waals surface area contributed by atoms with Crippen molar-refractivity contribution in [3.8, 4) is 0 Å². The maximum absolute atomic E-state index is 12.7. The number of hydrogen-bond acceptors (Lipinski definition) is 6. The topological polar surface area (TPSA) is 99.1 Å². The molecular weight excluding hydrogens is 727 g/mol. The Morgan fingerprint density at radius 3 is 1.41 bits per heavy atom. The van der Waals surface area contributed by atoms with Gasteiger partial charge in [-0.2, -0.15) is 0 Å². The predicted octanol–water partition coefficient (Wildman–Crippen LogP) is 13.4. The van der Waals surface area contributed by atoms with Crippen LogP contribution in [0.1, 0.15) is 213 Å². The van der Waals surface area contributed by atoms with Crippen molar-refractivity contribution in [2.45, 2.75) is 225 Å². The van der Waals surface area contributed by atoms with Crippen LogP contribution < -0.4 is 0 Å². The lowest BCUT2D eigenvalue weighted by Gasteiger charge is -2.31. The number of carbonyl (C=O) groups excluding carboxylic acids is 2. The standard InChI is InChI=1S/C50H91NO7/c1-6-8-10-12-14-16-18-19-20-21-22-23-24-25-26-27-28-29-31-32-34-36-38-40-48(52)57-45-46(44-56-43-42-47(50(54)55)51(3,4)5)58-49(53)41-39-37-35-33-30-17-15-13-11-9-7-2/h13,15,17,25-26,30,46-47H,6-12,14,16,18-24,27-29,31-45H2,1-5H3/p+1/b15-13+,26-25+,30-17+. The average Bonchev–Trinajstić information content (AvgIpc) is 3.18. The van der Waals surface area contributed by atoms with Gasteiger partial charge in [0.15, 0.2) is 12.1 Å². The van der Waals surface area contributed by atoms with Gasteiger partial charge in [-0.15, -0.1) is 0 Å². The number of quaternary nitrogens is 1. The normalized spacial score (nSPS) is 13.2. The summed E-state index contributed by atoms with van der Waals surface area (Å²) >= 11 is 0. The zero-order valence-corrected chi connectivity index (χ0v) is 38.5. The molecule has 0 heterocycles. The summed E-state index contributed by atoms with van der Waals surface area (Å²) in [5.74, 6) is -1.50. The molecule has 8 nitrogen and oxygen atoms in total. The maximum Gasteiger partial charge on any atom is 0.362 e. The van der Waals surface area contributed by atoms with Crippen LogP contribution >= 0.6 is 0 Å². The number of likely N-dealkylation sites (N-methyl/N-ethyl adjacent to an activating group) is 1. The van der Waals surface area contributed by atoms with Gasteiger partial charge in [0.2, 0.25) is 0 Å². The quantitative estimate of drug-likeness (QED) is 0.0215. The molecule has 0 spiro atoms. The number of carbonyl (C=O) groups is 3. The number of esters is 2. The molecule has 0 aromatic carbocycles. The van der Waals surface area contributed by atoms with Crippen molar-refractivity contribution < 1.29 is 38.2 Å². The molecule has 338 valence electrons. The molecule has 0 saturated heterocycles. The first-order valence-corrected chi connectivity index (χ1v) is 24.0. The lowest BCUT2D eigenvalue weighted by atomic mass is 10.0. The first-order chi connectivity index (χ1) is 28.1. The minimum Gasteiger partial charge on any atom is -0.477 e. The third kappa shape index (κ3) is 39.0. The summed E-state index contributed by atoms with van der Waals surface area (Å²) in [6.07, 6.45) is 47.8. The SMILES string of the molecule is CCCC/C=C/C=C/CCCCCC(=O)OC(COCCC(C(=O)O)[N+](C)(C)C)COC(=O)CCCCCCCCC/C=C/CCCCCCCCCCCCCC. The van der Waals surface area contributed by atoms with Gasteiger partial charge in [-0.3, -0.25) is 9.59 Å². The number of ether oxygens (including phenoxy) is 3. The molecule has 0 bridgehead atoms. The number of allylic oxidation sites excluding steroid dienone is 6. The van der Waals surface area contributed by atoms with E-state index in [1.807, 2.05) is 21.1 Å². The Labute approximate surface area is 357 Å². The minimum atomic E-state index is -0.880. The number of carboxylic acids is 1. The average molecular weight is 819 g/mol. The van der Waals surface area contributed by atoms with Crippen LogP contribution in [0.3, 0.4) is 0 Å². The summed E-state index contributed by atoms with van der Waals surface area (Å²) < 4.78 is 17.2. The Morgan fingerprint density at radius 1 is 0.517 bits per heavy atom. The van der Waals surface area contributed by atoms with E-state index in [2.05, 4.69) is 50.3 Å². The highest BCUT2D eigenvalue weighted by Gasteiger charge is 2.31. The number of rotatable bonds is 43. The molecule has 0 aromatic heterocycles. The largest absolute Gasteiger partial charge is 0.477 e. The van der Waals surface area contributed by atoms with Crippen LogP contribution in [0.15, 0.2) is 36.5 Å². The first-order valence-electron chi connectivity index (χ1n) is 24.0. The third-order valence-electron chi connectivity index (χ3n) is 10.8. The molecule has 2 unspecified atom stereocenters. The van der Waals surface area contributed by atoms with Crippen LogP contribution in [-0.2, 0) is 28.6 Å². The molecule has 2 atom stereocenters.